The van der Waals surface area contributed by atoms with Crippen molar-refractivity contribution in [1.82, 2.24) is 24.9 Å². The zero-order chi connectivity index (χ0) is 32.9. The van der Waals surface area contributed by atoms with Crippen molar-refractivity contribution in [3.8, 4) is 22.9 Å². The van der Waals surface area contributed by atoms with Crippen LogP contribution in [0.3, 0.4) is 0 Å². The number of benzene rings is 4. The van der Waals surface area contributed by atoms with Crippen LogP contribution in [-0.4, -0.2) is 29.1 Å². The van der Waals surface area contributed by atoms with Crippen molar-refractivity contribution in [3.05, 3.63) is 139 Å². The number of fused-ring (bicyclic) bond motifs is 2. The SMILES string of the molecule is Fc1ccccc1NSc1ccc2nc(-c3ccccn3)[nH]c2c1.O=S(Nc1ccccc1Cl)c1ccc2nc(-c3ccoc3)[nH]c2c1. The monoisotopic (exact) mass is 693 g/mol. The van der Waals surface area contributed by atoms with Crippen molar-refractivity contribution in [2.75, 3.05) is 9.44 Å². The lowest BCUT2D eigenvalue weighted by Crippen LogP contribution is -2.04. The Balaban J connectivity index is 0.000000152. The van der Waals surface area contributed by atoms with Crippen molar-refractivity contribution in [3.63, 3.8) is 0 Å². The highest BCUT2D eigenvalue weighted by Gasteiger charge is 2.12. The third-order valence-electron chi connectivity index (χ3n) is 7.05. The van der Waals surface area contributed by atoms with Crippen LogP contribution in [-0.2, 0) is 11.0 Å². The van der Waals surface area contributed by atoms with Gasteiger partial charge in [-0.1, -0.05) is 41.9 Å². The van der Waals surface area contributed by atoms with E-state index in [1.54, 1.807) is 55.1 Å². The Bertz CT molecular complexity index is 2350. The third-order valence-corrected chi connectivity index (χ3v) is 9.28. The fourth-order valence-electron chi connectivity index (χ4n) is 4.68. The van der Waals surface area contributed by atoms with Crippen LogP contribution in [0.15, 0.2) is 142 Å². The maximum Gasteiger partial charge on any atom is 0.157 e. The molecule has 0 fully saturated rings. The summed E-state index contributed by atoms with van der Waals surface area (Å²) in [5.41, 5.74) is 6.13. The summed E-state index contributed by atoms with van der Waals surface area (Å²) in [6.45, 7) is 0. The number of halogens is 2. The molecule has 238 valence electrons. The first-order valence-corrected chi connectivity index (χ1v) is 16.9. The fourth-order valence-corrected chi connectivity index (χ4v) is 6.53. The highest BCUT2D eigenvalue weighted by atomic mass is 35.5. The van der Waals surface area contributed by atoms with Gasteiger partial charge in [0.2, 0.25) is 0 Å². The number of aromatic amines is 2. The number of pyridine rings is 1. The minimum atomic E-state index is -1.43. The van der Waals surface area contributed by atoms with Crippen LogP contribution < -0.4 is 9.44 Å². The van der Waals surface area contributed by atoms with Gasteiger partial charge in [0.1, 0.15) is 34.6 Å². The summed E-state index contributed by atoms with van der Waals surface area (Å²) in [4.78, 5) is 21.4. The lowest BCUT2D eigenvalue weighted by Gasteiger charge is -2.07. The molecular formula is C35H25ClFN7O2S2. The van der Waals surface area contributed by atoms with Crippen molar-refractivity contribution in [2.45, 2.75) is 9.79 Å². The Morgan fingerprint density at radius 1 is 0.792 bits per heavy atom. The second kappa shape index (κ2) is 14.1. The van der Waals surface area contributed by atoms with Crippen LogP contribution in [0.1, 0.15) is 0 Å². The van der Waals surface area contributed by atoms with Gasteiger partial charge in [0, 0.05) is 11.1 Å². The van der Waals surface area contributed by atoms with Gasteiger partial charge in [-0.05, 0) is 90.8 Å². The minimum Gasteiger partial charge on any atom is -0.472 e. The first-order chi connectivity index (χ1) is 23.5. The number of anilines is 2. The molecule has 0 spiro atoms. The molecule has 0 saturated carbocycles. The van der Waals surface area contributed by atoms with Crippen LogP contribution in [0.5, 0.6) is 0 Å². The number of H-pyrrole nitrogens is 2. The number of imidazole rings is 2. The normalized spacial score (nSPS) is 11.6. The van der Waals surface area contributed by atoms with Crippen molar-refractivity contribution in [2.24, 2.45) is 0 Å². The average molecular weight is 694 g/mol. The summed E-state index contributed by atoms with van der Waals surface area (Å²) in [5.74, 6) is 1.17. The molecule has 0 aliphatic carbocycles. The van der Waals surface area contributed by atoms with E-state index in [2.05, 4.69) is 34.4 Å². The molecule has 0 amide bonds. The van der Waals surface area contributed by atoms with Crippen molar-refractivity contribution in [1.29, 1.82) is 0 Å². The van der Waals surface area contributed by atoms with Gasteiger partial charge < -0.3 is 19.1 Å². The van der Waals surface area contributed by atoms with Crippen molar-refractivity contribution >= 4 is 68.0 Å². The predicted octanol–water partition coefficient (Wildman–Crippen LogP) is 9.49. The number of para-hydroxylation sites is 2. The molecule has 1 atom stereocenters. The van der Waals surface area contributed by atoms with Crippen LogP contribution in [0.4, 0.5) is 15.8 Å². The standard InChI is InChI=1S/C18H13FN4S.C17H12ClN3O2S/c19-13-5-1-2-6-14(13)23-24-12-8-9-15-17(11-12)22-18(21-15)16-7-3-4-10-20-16;18-13-3-1-2-4-14(13)21-24(22)12-5-6-15-16(9-12)20-17(19-15)11-7-8-23-10-11/h1-11,23H,(H,21,22);1-10,21H,(H,19,20). The summed E-state index contributed by atoms with van der Waals surface area (Å²) in [6.07, 6.45) is 4.95. The molecule has 13 heteroatoms. The van der Waals surface area contributed by atoms with E-state index in [0.29, 0.717) is 27.1 Å². The molecule has 0 aliphatic rings. The molecule has 0 bridgehead atoms. The van der Waals surface area contributed by atoms with Crippen LogP contribution in [0.25, 0.3) is 45.0 Å². The highest BCUT2D eigenvalue weighted by Crippen LogP contribution is 2.28. The number of nitrogens with one attached hydrogen (secondary N) is 4. The molecule has 8 rings (SSSR count). The molecule has 4 heterocycles. The van der Waals surface area contributed by atoms with Crippen LogP contribution in [0, 0.1) is 5.82 Å². The molecule has 4 N–H and O–H groups in total. The molecule has 8 aromatic rings. The predicted molar refractivity (Wildman–Crippen MR) is 190 cm³/mol. The zero-order valence-corrected chi connectivity index (χ0v) is 27.2. The van der Waals surface area contributed by atoms with Crippen LogP contribution in [0.2, 0.25) is 5.02 Å². The molecule has 1 unspecified atom stereocenters. The lowest BCUT2D eigenvalue weighted by atomic mass is 10.3. The fraction of sp³-hybridized carbons (Fsp3) is 0. The number of hydrogen-bond acceptors (Lipinski definition) is 7. The van der Waals surface area contributed by atoms with Gasteiger partial charge in [-0.25, -0.2) is 18.6 Å². The largest absolute Gasteiger partial charge is 0.472 e. The number of hydrogen-bond donors (Lipinski definition) is 4. The highest BCUT2D eigenvalue weighted by molar-refractivity contribution is 8.00. The van der Waals surface area contributed by atoms with E-state index in [4.69, 9.17) is 16.0 Å². The van der Waals surface area contributed by atoms with Gasteiger partial charge >= 0.3 is 0 Å². The second-order valence-corrected chi connectivity index (χ2v) is 12.8. The van der Waals surface area contributed by atoms with E-state index >= 15 is 0 Å². The van der Waals surface area contributed by atoms with Gasteiger partial charge in [0.15, 0.2) is 5.82 Å². The van der Waals surface area contributed by atoms with Crippen molar-refractivity contribution < 1.29 is 13.0 Å². The average Bonchev–Trinajstić information content (AvgIpc) is 3.89. The van der Waals surface area contributed by atoms with Gasteiger partial charge in [-0.15, -0.1) is 0 Å². The third kappa shape index (κ3) is 7.10. The topological polar surface area (TPSA) is 125 Å². The Labute approximate surface area is 285 Å². The summed E-state index contributed by atoms with van der Waals surface area (Å²) >= 11 is 7.44. The van der Waals surface area contributed by atoms with Gasteiger partial charge in [-0.2, -0.15) is 0 Å². The zero-order valence-electron chi connectivity index (χ0n) is 24.9. The first kappa shape index (κ1) is 31.2. The molecule has 0 saturated heterocycles. The van der Waals surface area contributed by atoms with Gasteiger partial charge in [0.05, 0.1) is 55.2 Å². The van der Waals surface area contributed by atoms with E-state index in [-0.39, 0.29) is 5.82 Å². The Kier molecular flexibility index (Phi) is 9.18. The second-order valence-electron chi connectivity index (χ2n) is 10.3. The quantitative estimate of drug-likeness (QED) is 0.117. The van der Waals surface area contributed by atoms with E-state index < -0.39 is 11.0 Å². The maximum atomic E-state index is 13.6. The van der Waals surface area contributed by atoms with E-state index in [9.17, 15) is 8.60 Å². The molecule has 48 heavy (non-hydrogen) atoms. The Hall–Kier alpha value is -5.43. The van der Waals surface area contributed by atoms with E-state index in [1.165, 1.54) is 18.0 Å². The Morgan fingerprint density at radius 2 is 1.52 bits per heavy atom. The lowest BCUT2D eigenvalue weighted by molar-refractivity contribution is 0.568. The smallest absolute Gasteiger partial charge is 0.157 e. The van der Waals surface area contributed by atoms with E-state index in [0.717, 1.165) is 44.0 Å². The summed E-state index contributed by atoms with van der Waals surface area (Å²) in [6, 6.07) is 32.6. The Morgan fingerprint density at radius 3 is 2.29 bits per heavy atom. The van der Waals surface area contributed by atoms with Crippen LogP contribution >= 0.6 is 23.5 Å². The first-order valence-electron chi connectivity index (χ1n) is 14.5. The summed E-state index contributed by atoms with van der Waals surface area (Å²) in [7, 11) is -1.43. The summed E-state index contributed by atoms with van der Waals surface area (Å²) < 4.78 is 37.2. The van der Waals surface area contributed by atoms with E-state index in [1.807, 2.05) is 66.7 Å². The number of aromatic nitrogens is 5. The number of rotatable bonds is 8. The minimum absolute atomic E-state index is 0.273. The number of nitrogens with zero attached hydrogens (tertiary/aromatic N) is 3. The molecule has 0 aliphatic heterocycles. The molecule has 0 radical (unpaired) electrons. The molecule has 4 aromatic carbocycles. The molecular weight excluding hydrogens is 669 g/mol. The maximum absolute atomic E-state index is 13.6. The van der Waals surface area contributed by atoms with Gasteiger partial charge in [-0.3, -0.25) is 9.71 Å². The molecule has 4 aromatic heterocycles. The molecule has 9 nitrogen and oxygen atoms in total. The number of furan rings is 1. The van der Waals surface area contributed by atoms with Gasteiger partial charge in [0.25, 0.3) is 0 Å². The summed E-state index contributed by atoms with van der Waals surface area (Å²) in [5, 5.41) is 0.524.